The number of halogens is 2. The Balaban J connectivity index is 2.36. The van der Waals surface area contributed by atoms with Crippen LogP contribution in [0.1, 0.15) is 36.1 Å². The van der Waals surface area contributed by atoms with E-state index < -0.39 is 5.92 Å². The van der Waals surface area contributed by atoms with E-state index in [2.05, 4.69) is 5.10 Å². The molecule has 2 aromatic heterocycles. The highest BCUT2D eigenvalue weighted by Crippen LogP contribution is 2.33. The summed E-state index contributed by atoms with van der Waals surface area (Å²) < 4.78 is 28.5. The Labute approximate surface area is 132 Å². The van der Waals surface area contributed by atoms with Gasteiger partial charge in [0.1, 0.15) is 11.4 Å². The molecule has 2 rings (SSSR count). The number of nitrogens with zero attached hydrogens (tertiary/aromatic N) is 3. The highest BCUT2D eigenvalue weighted by molar-refractivity contribution is 7.17. The minimum absolute atomic E-state index is 0.0743. The van der Waals surface area contributed by atoms with E-state index in [0.717, 1.165) is 6.92 Å². The van der Waals surface area contributed by atoms with Crippen LogP contribution in [0.15, 0.2) is 18.2 Å². The third-order valence-corrected chi connectivity index (χ3v) is 4.52. The van der Waals surface area contributed by atoms with Gasteiger partial charge in [-0.25, -0.2) is 0 Å². The molecule has 120 valence electrons. The molecular weight excluding hydrogens is 308 g/mol. The highest BCUT2D eigenvalue weighted by Gasteiger charge is 2.30. The standard InChI is InChI=1S/C15H19F2N3OS/c1-5-19(4)14(21)12-8-7-11(22-12)10-9-13(15(3,16)17)20(6-2)18-10/h7-9H,5-6H2,1-4H3. The SMILES string of the molecule is CCN(C)C(=O)c1ccc(-c2cc(C(C)(F)F)n(CC)n2)s1. The molecule has 0 atom stereocenters. The molecule has 4 nitrogen and oxygen atoms in total. The second-order valence-corrected chi connectivity index (χ2v) is 6.19. The van der Waals surface area contributed by atoms with Gasteiger partial charge in [0.25, 0.3) is 11.8 Å². The Kier molecular flexibility index (Phi) is 4.65. The van der Waals surface area contributed by atoms with Crippen molar-refractivity contribution in [1.82, 2.24) is 14.7 Å². The lowest BCUT2D eigenvalue weighted by Crippen LogP contribution is -2.25. The van der Waals surface area contributed by atoms with Crippen molar-refractivity contribution in [1.29, 1.82) is 0 Å². The van der Waals surface area contributed by atoms with E-state index in [-0.39, 0.29) is 11.6 Å². The van der Waals surface area contributed by atoms with Crippen molar-refractivity contribution >= 4 is 17.2 Å². The van der Waals surface area contributed by atoms with Crippen molar-refractivity contribution < 1.29 is 13.6 Å². The normalized spacial score (nSPS) is 11.7. The Bertz CT molecular complexity index is 673. The summed E-state index contributed by atoms with van der Waals surface area (Å²) in [6.45, 7) is 5.51. The number of aromatic nitrogens is 2. The van der Waals surface area contributed by atoms with Gasteiger partial charge >= 0.3 is 0 Å². The van der Waals surface area contributed by atoms with Gasteiger partial charge in [0, 0.05) is 27.1 Å². The maximum atomic E-state index is 13.6. The maximum absolute atomic E-state index is 13.6. The molecule has 0 saturated heterocycles. The van der Waals surface area contributed by atoms with Gasteiger partial charge in [-0.15, -0.1) is 11.3 Å². The largest absolute Gasteiger partial charge is 0.341 e. The number of aryl methyl sites for hydroxylation is 1. The summed E-state index contributed by atoms with van der Waals surface area (Å²) >= 11 is 1.27. The average molecular weight is 327 g/mol. The third kappa shape index (κ3) is 3.19. The summed E-state index contributed by atoms with van der Waals surface area (Å²) in [4.78, 5) is 15.0. The minimum Gasteiger partial charge on any atom is -0.341 e. The summed E-state index contributed by atoms with van der Waals surface area (Å²) in [5.74, 6) is -3.02. The quantitative estimate of drug-likeness (QED) is 0.837. The molecule has 0 N–H and O–H groups in total. The Morgan fingerprint density at radius 2 is 2.09 bits per heavy atom. The molecule has 1 amide bonds. The summed E-state index contributed by atoms with van der Waals surface area (Å²) in [6.07, 6.45) is 0. The molecule has 22 heavy (non-hydrogen) atoms. The lowest BCUT2D eigenvalue weighted by atomic mass is 10.2. The van der Waals surface area contributed by atoms with E-state index in [1.807, 2.05) is 6.92 Å². The topological polar surface area (TPSA) is 38.1 Å². The van der Waals surface area contributed by atoms with Gasteiger partial charge in [-0.3, -0.25) is 9.48 Å². The maximum Gasteiger partial charge on any atom is 0.286 e. The fourth-order valence-electron chi connectivity index (χ4n) is 2.05. The number of hydrogen-bond donors (Lipinski definition) is 0. The van der Waals surface area contributed by atoms with Gasteiger partial charge in [0.15, 0.2) is 0 Å². The van der Waals surface area contributed by atoms with Gasteiger partial charge in [-0.05, 0) is 32.0 Å². The molecule has 0 unspecified atom stereocenters. The molecular formula is C15H19F2N3OS. The van der Waals surface area contributed by atoms with E-state index in [0.29, 0.717) is 28.5 Å². The van der Waals surface area contributed by atoms with Crippen LogP contribution in [-0.4, -0.2) is 34.2 Å². The van der Waals surface area contributed by atoms with Crippen LogP contribution < -0.4 is 0 Å². The molecule has 0 fully saturated rings. The zero-order valence-corrected chi connectivity index (χ0v) is 13.9. The van der Waals surface area contributed by atoms with Gasteiger partial charge in [-0.1, -0.05) is 0 Å². The summed E-state index contributed by atoms with van der Waals surface area (Å²) in [6, 6.07) is 4.86. The predicted molar refractivity (Wildman–Crippen MR) is 83.4 cm³/mol. The van der Waals surface area contributed by atoms with Crippen molar-refractivity contribution in [2.24, 2.45) is 0 Å². The molecule has 0 spiro atoms. The van der Waals surface area contributed by atoms with Crippen LogP contribution in [0.25, 0.3) is 10.6 Å². The minimum atomic E-state index is -2.94. The van der Waals surface area contributed by atoms with Gasteiger partial charge < -0.3 is 4.90 Å². The summed E-state index contributed by atoms with van der Waals surface area (Å²) in [5.41, 5.74) is 0.360. The first-order valence-electron chi connectivity index (χ1n) is 7.09. The molecule has 0 saturated carbocycles. The summed E-state index contributed by atoms with van der Waals surface area (Å²) in [5, 5.41) is 4.23. The molecule has 0 radical (unpaired) electrons. The Morgan fingerprint density at radius 3 is 2.59 bits per heavy atom. The first-order valence-corrected chi connectivity index (χ1v) is 7.91. The van der Waals surface area contributed by atoms with Crippen LogP contribution in [-0.2, 0) is 12.5 Å². The van der Waals surface area contributed by atoms with E-state index in [1.165, 1.54) is 22.1 Å². The number of hydrogen-bond acceptors (Lipinski definition) is 3. The number of carbonyl (C=O) groups excluding carboxylic acids is 1. The fourth-order valence-corrected chi connectivity index (χ4v) is 3.01. The van der Waals surface area contributed by atoms with Crippen molar-refractivity contribution in [2.45, 2.75) is 33.2 Å². The molecule has 0 bridgehead atoms. The van der Waals surface area contributed by atoms with Crippen molar-refractivity contribution in [3.8, 4) is 10.6 Å². The first-order chi connectivity index (χ1) is 10.3. The molecule has 7 heteroatoms. The number of carbonyl (C=O) groups is 1. The van der Waals surface area contributed by atoms with E-state index >= 15 is 0 Å². The predicted octanol–water partition coefficient (Wildman–Crippen LogP) is 3.84. The van der Waals surface area contributed by atoms with Crippen molar-refractivity contribution in [3.05, 3.63) is 28.8 Å². The summed E-state index contributed by atoms with van der Waals surface area (Å²) in [7, 11) is 1.73. The van der Waals surface area contributed by atoms with Crippen LogP contribution in [0.4, 0.5) is 8.78 Å². The van der Waals surface area contributed by atoms with E-state index in [1.54, 1.807) is 31.0 Å². The number of alkyl halides is 2. The zero-order chi connectivity index (χ0) is 16.5. The molecule has 0 aliphatic carbocycles. The molecule has 0 aliphatic rings. The molecule has 0 aromatic carbocycles. The zero-order valence-electron chi connectivity index (χ0n) is 13.1. The third-order valence-electron chi connectivity index (χ3n) is 3.42. The van der Waals surface area contributed by atoms with E-state index in [9.17, 15) is 13.6 Å². The Hall–Kier alpha value is -1.76. The highest BCUT2D eigenvalue weighted by atomic mass is 32.1. The second-order valence-electron chi connectivity index (χ2n) is 5.10. The lowest BCUT2D eigenvalue weighted by molar-refractivity contribution is 0.00795. The van der Waals surface area contributed by atoms with E-state index in [4.69, 9.17) is 0 Å². The van der Waals surface area contributed by atoms with Crippen LogP contribution >= 0.6 is 11.3 Å². The van der Waals surface area contributed by atoms with Crippen molar-refractivity contribution in [3.63, 3.8) is 0 Å². The monoisotopic (exact) mass is 327 g/mol. The van der Waals surface area contributed by atoms with Gasteiger partial charge in [0.05, 0.1) is 9.75 Å². The van der Waals surface area contributed by atoms with Crippen LogP contribution in [0.5, 0.6) is 0 Å². The van der Waals surface area contributed by atoms with Crippen LogP contribution in [0.3, 0.4) is 0 Å². The smallest absolute Gasteiger partial charge is 0.286 e. The number of amides is 1. The van der Waals surface area contributed by atoms with Gasteiger partial charge in [-0.2, -0.15) is 13.9 Å². The van der Waals surface area contributed by atoms with Crippen LogP contribution in [0, 0.1) is 0 Å². The number of thiophene rings is 1. The average Bonchev–Trinajstić information content (AvgIpc) is 3.10. The van der Waals surface area contributed by atoms with Gasteiger partial charge in [0.2, 0.25) is 0 Å². The van der Waals surface area contributed by atoms with Crippen LogP contribution in [0.2, 0.25) is 0 Å². The number of rotatable bonds is 5. The molecule has 2 heterocycles. The fraction of sp³-hybridized carbons (Fsp3) is 0.467. The lowest BCUT2D eigenvalue weighted by Gasteiger charge is -2.12. The first kappa shape index (κ1) is 16.6. The molecule has 2 aromatic rings. The Morgan fingerprint density at radius 1 is 1.41 bits per heavy atom. The second kappa shape index (κ2) is 6.16. The molecule has 0 aliphatic heterocycles. The van der Waals surface area contributed by atoms with Crippen molar-refractivity contribution in [2.75, 3.05) is 13.6 Å².